The number of methoxy groups -OCH3 is 1. The predicted molar refractivity (Wildman–Crippen MR) is 96.6 cm³/mol. The molecule has 7 nitrogen and oxygen atoms in total. The highest BCUT2D eigenvalue weighted by Gasteiger charge is 2.23. The third kappa shape index (κ3) is 5.99. The van der Waals surface area contributed by atoms with Crippen molar-refractivity contribution in [3.63, 3.8) is 0 Å². The number of hydrogen-bond donors (Lipinski definition) is 1. The SMILES string of the molecule is COC(=O)C(C)c1cc(CC(=O)OCc2ccccc2)[nH]c1COC(C)=O. The number of hydrogen-bond acceptors (Lipinski definition) is 6. The van der Waals surface area contributed by atoms with Crippen molar-refractivity contribution in [2.24, 2.45) is 0 Å². The third-order valence-electron chi connectivity index (χ3n) is 4.01. The maximum absolute atomic E-state index is 12.1. The van der Waals surface area contributed by atoms with Crippen LogP contribution in [0.2, 0.25) is 0 Å². The van der Waals surface area contributed by atoms with Crippen LogP contribution in [-0.4, -0.2) is 30.0 Å². The summed E-state index contributed by atoms with van der Waals surface area (Å²) in [5.74, 6) is -1.83. The van der Waals surface area contributed by atoms with E-state index in [1.54, 1.807) is 13.0 Å². The highest BCUT2D eigenvalue weighted by molar-refractivity contribution is 5.78. The van der Waals surface area contributed by atoms with E-state index in [0.717, 1.165) is 5.56 Å². The van der Waals surface area contributed by atoms with Crippen molar-refractivity contribution in [3.05, 3.63) is 58.9 Å². The number of carbonyl (C=O) groups excluding carboxylic acids is 3. The second-order valence-electron chi connectivity index (χ2n) is 6.08. The monoisotopic (exact) mass is 373 g/mol. The summed E-state index contributed by atoms with van der Waals surface area (Å²) in [7, 11) is 1.30. The molecule has 1 aromatic carbocycles. The molecule has 0 bridgehead atoms. The molecule has 1 unspecified atom stereocenters. The van der Waals surface area contributed by atoms with Crippen LogP contribution >= 0.6 is 0 Å². The Labute approximate surface area is 157 Å². The molecule has 2 aromatic rings. The predicted octanol–water partition coefficient (Wildman–Crippen LogP) is 2.64. The number of esters is 3. The van der Waals surface area contributed by atoms with Gasteiger partial charge in [0.05, 0.1) is 25.1 Å². The Morgan fingerprint density at radius 3 is 2.41 bits per heavy atom. The Kier molecular flexibility index (Phi) is 7.16. The van der Waals surface area contributed by atoms with Crippen LogP contribution < -0.4 is 0 Å². The summed E-state index contributed by atoms with van der Waals surface area (Å²) in [6, 6.07) is 11.1. The Hall–Kier alpha value is -3.09. The van der Waals surface area contributed by atoms with E-state index in [2.05, 4.69) is 4.98 Å². The fourth-order valence-electron chi connectivity index (χ4n) is 2.60. The van der Waals surface area contributed by atoms with Gasteiger partial charge >= 0.3 is 17.9 Å². The zero-order chi connectivity index (χ0) is 19.8. The van der Waals surface area contributed by atoms with Gasteiger partial charge in [0, 0.05) is 12.6 Å². The van der Waals surface area contributed by atoms with Gasteiger partial charge in [0.2, 0.25) is 0 Å². The summed E-state index contributed by atoms with van der Waals surface area (Å²) in [4.78, 5) is 38.1. The molecule has 1 heterocycles. The van der Waals surface area contributed by atoms with E-state index in [-0.39, 0.29) is 19.6 Å². The van der Waals surface area contributed by atoms with Gasteiger partial charge in [-0.05, 0) is 24.1 Å². The number of H-pyrrole nitrogens is 1. The van der Waals surface area contributed by atoms with Gasteiger partial charge in [-0.25, -0.2) is 0 Å². The molecule has 0 aliphatic rings. The smallest absolute Gasteiger partial charge is 0.312 e. The lowest BCUT2D eigenvalue weighted by Gasteiger charge is -2.10. The van der Waals surface area contributed by atoms with Crippen LogP contribution in [0.25, 0.3) is 0 Å². The first-order chi connectivity index (χ1) is 12.9. The molecule has 1 N–H and O–H groups in total. The van der Waals surface area contributed by atoms with Crippen LogP contribution in [-0.2, 0) is 48.2 Å². The molecular weight excluding hydrogens is 350 g/mol. The largest absolute Gasteiger partial charge is 0.469 e. The number of carbonyl (C=O) groups is 3. The fourth-order valence-corrected chi connectivity index (χ4v) is 2.60. The minimum absolute atomic E-state index is 0.00774. The van der Waals surface area contributed by atoms with Crippen LogP contribution in [0.3, 0.4) is 0 Å². The topological polar surface area (TPSA) is 94.7 Å². The van der Waals surface area contributed by atoms with Gasteiger partial charge in [0.1, 0.15) is 13.2 Å². The number of nitrogens with one attached hydrogen (secondary N) is 1. The summed E-state index contributed by atoms with van der Waals surface area (Å²) in [5, 5.41) is 0. The Morgan fingerprint density at radius 1 is 1.07 bits per heavy atom. The maximum Gasteiger partial charge on any atom is 0.312 e. The average Bonchev–Trinajstić information content (AvgIpc) is 3.06. The molecule has 0 saturated heterocycles. The lowest BCUT2D eigenvalue weighted by atomic mass is 10.0. The minimum atomic E-state index is -0.564. The van der Waals surface area contributed by atoms with E-state index in [9.17, 15) is 14.4 Å². The van der Waals surface area contributed by atoms with Crippen LogP contribution in [0.15, 0.2) is 36.4 Å². The third-order valence-corrected chi connectivity index (χ3v) is 4.01. The van der Waals surface area contributed by atoms with Gasteiger partial charge in [0.15, 0.2) is 0 Å². The van der Waals surface area contributed by atoms with E-state index < -0.39 is 23.8 Å². The molecule has 0 amide bonds. The quantitative estimate of drug-likeness (QED) is 0.565. The molecule has 0 saturated carbocycles. The summed E-state index contributed by atoms with van der Waals surface area (Å²) in [5.41, 5.74) is 2.64. The molecule has 1 atom stereocenters. The first kappa shape index (κ1) is 20.2. The molecule has 0 aliphatic carbocycles. The molecule has 0 aliphatic heterocycles. The lowest BCUT2D eigenvalue weighted by molar-refractivity contribution is -0.144. The van der Waals surface area contributed by atoms with E-state index >= 15 is 0 Å². The number of rotatable bonds is 8. The van der Waals surface area contributed by atoms with Gasteiger partial charge in [-0.3, -0.25) is 14.4 Å². The van der Waals surface area contributed by atoms with Crippen LogP contribution in [0, 0.1) is 0 Å². The zero-order valence-electron chi connectivity index (χ0n) is 15.6. The second-order valence-corrected chi connectivity index (χ2v) is 6.08. The normalized spacial score (nSPS) is 11.5. The summed E-state index contributed by atoms with van der Waals surface area (Å²) in [6.45, 7) is 3.15. The molecule has 0 spiro atoms. The Morgan fingerprint density at radius 2 is 1.78 bits per heavy atom. The highest BCUT2D eigenvalue weighted by Crippen LogP contribution is 2.24. The van der Waals surface area contributed by atoms with Crippen LogP contribution in [0.1, 0.15) is 42.3 Å². The molecule has 0 fully saturated rings. The average molecular weight is 373 g/mol. The molecule has 2 rings (SSSR count). The lowest BCUT2D eigenvalue weighted by Crippen LogP contribution is -2.12. The molecule has 7 heteroatoms. The molecular formula is C20H23NO6. The van der Waals surface area contributed by atoms with Crippen molar-refractivity contribution in [2.75, 3.05) is 7.11 Å². The van der Waals surface area contributed by atoms with Crippen molar-refractivity contribution in [1.29, 1.82) is 0 Å². The number of ether oxygens (including phenoxy) is 3. The summed E-state index contributed by atoms with van der Waals surface area (Å²) >= 11 is 0. The highest BCUT2D eigenvalue weighted by atomic mass is 16.5. The van der Waals surface area contributed by atoms with Crippen molar-refractivity contribution in [3.8, 4) is 0 Å². The van der Waals surface area contributed by atoms with Gasteiger partial charge in [-0.15, -0.1) is 0 Å². The standard InChI is InChI=1S/C20H23NO6/c1-13(20(24)25-3)17-9-16(21-18(17)12-26-14(2)22)10-19(23)27-11-15-7-5-4-6-8-15/h4-9,13,21H,10-12H2,1-3H3. The molecule has 0 radical (unpaired) electrons. The van der Waals surface area contributed by atoms with Gasteiger partial charge in [-0.2, -0.15) is 0 Å². The summed E-state index contributed by atoms with van der Waals surface area (Å²) in [6.07, 6.45) is 0.00774. The number of aromatic nitrogens is 1. The zero-order valence-corrected chi connectivity index (χ0v) is 15.6. The van der Waals surface area contributed by atoms with E-state index in [0.29, 0.717) is 17.0 Å². The fraction of sp³-hybridized carbons (Fsp3) is 0.350. The van der Waals surface area contributed by atoms with Gasteiger partial charge in [-0.1, -0.05) is 30.3 Å². The van der Waals surface area contributed by atoms with Crippen LogP contribution in [0.4, 0.5) is 0 Å². The van der Waals surface area contributed by atoms with Crippen LogP contribution in [0.5, 0.6) is 0 Å². The minimum Gasteiger partial charge on any atom is -0.469 e. The molecule has 27 heavy (non-hydrogen) atoms. The van der Waals surface area contributed by atoms with Crippen molar-refractivity contribution in [2.45, 2.75) is 39.4 Å². The van der Waals surface area contributed by atoms with E-state index in [1.165, 1.54) is 14.0 Å². The van der Waals surface area contributed by atoms with E-state index in [1.807, 2.05) is 30.3 Å². The summed E-state index contributed by atoms with van der Waals surface area (Å²) < 4.78 is 15.1. The Bertz CT molecular complexity index is 796. The molecule has 1 aromatic heterocycles. The first-order valence-electron chi connectivity index (χ1n) is 8.52. The second kappa shape index (κ2) is 9.56. The first-order valence-corrected chi connectivity index (χ1v) is 8.52. The maximum atomic E-state index is 12.1. The van der Waals surface area contributed by atoms with Crippen molar-refractivity contribution in [1.82, 2.24) is 4.98 Å². The van der Waals surface area contributed by atoms with Crippen molar-refractivity contribution >= 4 is 17.9 Å². The number of aromatic amines is 1. The van der Waals surface area contributed by atoms with E-state index in [4.69, 9.17) is 14.2 Å². The van der Waals surface area contributed by atoms with Crippen molar-refractivity contribution < 1.29 is 28.6 Å². The molecule has 144 valence electrons. The van der Waals surface area contributed by atoms with Gasteiger partial charge < -0.3 is 19.2 Å². The van der Waals surface area contributed by atoms with Gasteiger partial charge in [0.25, 0.3) is 0 Å². The Balaban J connectivity index is 2.07. The number of benzene rings is 1.